The Morgan fingerprint density at radius 2 is 2.05 bits per heavy atom. The van der Waals surface area contributed by atoms with E-state index >= 15 is 0 Å². The smallest absolute Gasteiger partial charge is 0.349 e. The third-order valence-corrected chi connectivity index (χ3v) is 3.18. The first-order valence-electron chi connectivity index (χ1n) is 5.34. The van der Waals surface area contributed by atoms with Gasteiger partial charge in [0, 0.05) is 10.8 Å². The number of nitriles is 1. The summed E-state index contributed by atoms with van der Waals surface area (Å²) in [6.07, 6.45) is 0. The van der Waals surface area contributed by atoms with Gasteiger partial charge in [-0.3, -0.25) is 0 Å². The molecule has 0 aliphatic carbocycles. The zero-order chi connectivity index (χ0) is 13.6. The lowest BCUT2D eigenvalue weighted by molar-refractivity contribution is 0.456. The highest BCUT2D eigenvalue weighted by Crippen LogP contribution is 2.29. The van der Waals surface area contributed by atoms with Crippen molar-refractivity contribution in [1.82, 2.24) is 4.98 Å². The summed E-state index contributed by atoms with van der Waals surface area (Å²) in [5, 5.41) is 19.8. The summed E-state index contributed by atoms with van der Waals surface area (Å²) in [5.74, 6) is -0.390. The van der Waals surface area contributed by atoms with Crippen LogP contribution < -0.4 is 5.63 Å². The first-order valence-corrected chi connectivity index (χ1v) is 5.75. The lowest BCUT2D eigenvalue weighted by Crippen LogP contribution is -2.03. The van der Waals surface area contributed by atoms with Crippen LogP contribution in [0.15, 0.2) is 33.5 Å². The van der Waals surface area contributed by atoms with E-state index in [-0.39, 0.29) is 15.6 Å². The first kappa shape index (κ1) is 11.4. The van der Waals surface area contributed by atoms with Gasteiger partial charge in [-0.1, -0.05) is 30.4 Å². The van der Waals surface area contributed by atoms with E-state index in [9.17, 15) is 15.2 Å². The Bertz CT molecular complexity index is 979. The van der Waals surface area contributed by atoms with Gasteiger partial charge < -0.3 is 14.5 Å². The number of hydrogen-bond donors (Lipinski definition) is 2. The maximum atomic E-state index is 11.9. The minimum Gasteiger partial charge on any atom is -0.494 e. The van der Waals surface area contributed by atoms with Gasteiger partial charge in [-0.2, -0.15) is 5.26 Å². The van der Waals surface area contributed by atoms with Gasteiger partial charge in [0.1, 0.15) is 21.7 Å². The molecule has 0 radical (unpaired) electrons. The largest absolute Gasteiger partial charge is 0.494 e. The summed E-state index contributed by atoms with van der Waals surface area (Å²) in [4.78, 5) is 14.3. The average molecular weight is 270 g/mol. The van der Waals surface area contributed by atoms with Crippen LogP contribution in [0.3, 0.4) is 0 Å². The van der Waals surface area contributed by atoms with Crippen molar-refractivity contribution in [2.45, 2.75) is 0 Å². The molecule has 1 aromatic carbocycles. The van der Waals surface area contributed by atoms with Crippen LogP contribution in [-0.4, -0.2) is 10.1 Å². The number of aromatic amines is 1. The Labute approximate surface area is 111 Å². The standard InChI is InChI=1S/C13H6N2O3S/c14-5-7-9-6-3-1-2-4-8(6)18-13(17)10(9)11(16)15-12(7)19/h1-4H,(H2,15,16,19). The van der Waals surface area contributed by atoms with E-state index in [1.165, 1.54) is 0 Å². The van der Waals surface area contributed by atoms with E-state index in [1.807, 2.05) is 6.07 Å². The van der Waals surface area contributed by atoms with Crippen molar-refractivity contribution in [2.24, 2.45) is 0 Å². The van der Waals surface area contributed by atoms with Crippen molar-refractivity contribution < 1.29 is 9.52 Å². The van der Waals surface area contributed by atoms with Crippen LogP contribution in [0.2, 0.25) is 0 Å². The zero-order valence-electron chi connectivity index (χ0n) is 9.43. The fraction of sp³-hybridized carbons (Fsp3) is 0. The number of H-pyrrole nitrogens is 1. The second-order valence-electron chi connectivity index (χ2n) is 3.93. The van der Waals surface area contributed by atoms with Crippen molar-refractivity contribution in [2.75, 3.05) is 0 Å². The number of para-hydroxylation sites is 1. The average Bonchev–Trinajstić information content (AvgIpc) is 2.38. The lowest BCUT2D eigenvalue weighted by atomic mass is 10.1. The number of nitrogens with zero attached hydrogens (tertiary/aromatic N) is 1. The molecule has 2 N–H and O–H groups in total. The van der Waals surface area contributed by atoms with E-state index in [1.54, 1.807) is 24.3 Å². The van der Waals surface area contributed by atoms with E-state index in [0.29, 0.717) is 16.4 Å². The molecule has 0 aliphatic heterocycles. The Kier molecular flexibility index (Phi) is 2.37. The summed E-state index contributed by atoms with van der Waals surface area (Å²) in [6, 6.07) is 8.75. The number of aromatic hydroxyl groups is 1. The molecule has 19 heavy (non-hydrogen) atoms. The zero-order valence-corrected chi connectivity index (χ0v) is 10.2. The number of benzene rings is 1. The molecular formula is C13H6N2O3S. The van der Waals surface area contributed by atoms with Gasteiger partial charge in [0.2, 0.25) is 5.88 Å². The molecule has 0 spiro atoms. The Hall–Kier alpha value is -2.65. The first-order chi connectivity index (χ1) is 9.13. The Morgan fingerprint density at radius 3 is 2.79 bits per heavy atom. The Morgan fingerprint density at radius 1 is 1.32 bits per heavy atom. The molecule has 3 rings (SSSR count). The molecule has 0 saturated heterocycles. The number of nitrogens with one attached hydrogen (secondary N) is 1. The molecule has 0 atom stereocenters. The molecule has 0 amide bonds. The van der Waals surface area contributed by atoms with Gasteiger partial charge in [0.25, 0.3) is 0 Å². The van der Waals surface area contributed by atoms with E-state index < -0.39 is 11.5 Å². The molecule has 5 nitrogen and oxygen atoms in total. The number of hydrogen-bond acceptors (Lipinski definition) is 5. The monoisotopic (exact) mass is 270 g/mol. The number of fused-ring (bicyclic) bond motifs is 3. The lowest BCUT2D eigenvalue weighted by Gasteiger charge is -2.05. The summed E-state index contributed by atoms with van der Waals surface area (Å²) in [5.41, 5.74) is -0.225. The summed E-state index contributed by atoms with van der Waals surface area (Å²) >= 11 is 5.00. The van der Waals surface area contributed by atoms with Crippen LogP contribution in [0.5, 0.6) is 5.88 Å². The molecule has 6 heteroatoms. The van der Waals surface area contributed by atoms with E-state index in [2.05, 4.69) is 4.98 Å². The highest BCUT2D eigenvalue weighted by molar-refractivity contribution is 7.71. The molecule has 92 valence electrons. The minimum atomic E-state index is -0.714. The van der Waals surface area contributed by atoms with Gasteiger partial charge >= 0.3 is 5.63 Å². The van der Waals surface area contributed by atoms with Crippen molar-refractivity contribution in [1.29, 1.82) is 5.26 Å². The summed E-state index contributed by atoms with van der Waals surface area (Å²) < 4.78 is 5.20. The van der Waals surface area contributed by atoms with Crippen LogP contribution >= 0.6 is 12.2 Å². The third-order valence-electron chi connectivity index (χ3n) is 2.87. The number of aromatic nitrogens is 1. The Balaban J connectivity index is 2.82. The molecule has 0 fully saturated rings. The van der Waals surface area contributed by atoms with E-state index in [0.717, 1.165) is 0 Å². The van der Waals surface area contributed by atoms with Crippen molar-refractivity contribution in [3.63, 3.8) is 0 Å². The molecule has 0 bridgehead atoms. The van der Waals surface area contributed by atoms with Crippen molar-refractivity contribution in [3.8, 4) is 11.9 Å². The predicted octanol–water partition coefficient (Wildman–Crippen LogP) is 2.58. The van der Waals surface area contributed by atoms with Crippen molar-refractivity contribution >= 4 is 34.0 Å². The predicted molar refractivity (Wildman–Crippen MR) is 71.6 cm³/mol. The normalized spacial score (nSPS) is 10.7. The van der Waals surface area contributed by atoms with Gasteiger partial charge in [-0.15, -0.1) is 0 Å². The van der Waals surface area contributed by atoms with Gasteiger partial charge in [0.15, 0.2) is 0 Å². The fourth-order valence-corrected chi connectivity index (χ4v) is 2.32. The van der Waals surface area contributed by atoms with Gasteiger partial charge in [-0.05, 0) is 6.07 Å². The minimum absolute atomic E-state index is 0.0659. The van der Waals surface area contributed by atoms with Crippen molar-refractivity contribution in [3.05, 3.63) is 44.9 Å². The second-order valence-corrected chi connectivity index (χ2v) is 4.33. The molecule has 2 aromatic heterocycles. The van der Waals surface area contributed by atoms with Gasteiger partial charge in [-0.25, -0.2) is 4.79 Å². The van der Waals surface area contributed by atoms with Crippen LogP contribution in [0, 0.1) is 16.0 Å². The van der Waals surface area contributed by atoms with Crippen LogP contribution in [0.25, 0.3) is 21.7 Å². The van der Waals surface area contributed by atoms with Crippen LogP contribution in [0.1, 0.15) is 5.56 Å². The molecular weight excluding hydrogens is 264 g/mol. The van der Waals surface area contributed by atoms with Crippen LogP contribution in [0.4, 0.5) is 0 Å². The highest BCUT2D eigenvalue weighted by Gasteiger charge is 2.16. The number of pyridine rings is 1. The SMILES string of the molecule is N#Cc1c(=S)[nH]c(O)c2c(=O)oc3ccccc3c12. The van der Waals surface area contributed by atoms with Gasteiger partial charge in [0.05, 0.1) is 5.56 Å². The quantitative estimate of drug-likeness (QED) is 0.372. The summed E-state index contributed by atoms with van der Waals surface area (Å²) in [7, 11) is 0. The van der Waals surface area contributed by atoms with E-state index in [4.69, 9.17) is 16.6 Å². The molecule has 0 aliphatic rings. The van der Waals surface area contributed by atoms with Crippen LogP contribution in [-0.2, 0) is 0 Å². The second kappa shape index (κ2) is 3.93. The maximum Gasteiger partial charge on any atom is 0.349 e. The molecule has 3 aromatic rings. The third kappa shape index (κ3) is 1.53. The summed E-state index contributed by atoms with van der Waals surface area (Å²) in [6.45, 7) is 0. The maximum absolute atomic E-state index is 11.9. The fourth-order valence-electron chi connectivity index (χ4n) is 2.08. The molecule has 0 unspecified atom stereocenters. The highest BCUT2D eigenvalue weighted by atomic mass is 32.1. The molecule has 2 heterocycles. The topological polar surface area (TPSA) is 90.0 Å². The molecule has 0 saturated carbocycles. The number of rotatable bonds is 0.